The molecule has 1 heteroatoms. The Balaban J connectivity index is 0. The summed E-state index contributed by atoms with van der Waals surface area (Å²) >= 11 is 0. The summed E-state index contributed by atoms with van der Waals surface area (Å²) in [5, 5.41) is 0. The summed E-state index contributed by atoms with van der Waals surface area (Å²) in [6.45, 7) is 6.95. The quantitative estimate of drug-likeness (QED) is 0.353. The molecule has 0 fully saturated rings. The molecule has 0 aromatic carbocycles. The van der Waals surface area contributed by atoms with Gasteiger partial charge in [-0.2, -0.15) is 13.5 Å². The Hall–Kier alpha value is 0.350. The molecule has 17 heavy (non-hydrogen) atoms. The molecule has 0 aliphatic carbocycles. The zero-order chi connectivity index (χ0) is 12.1. The van der Waals surface area contributed by atoms with Gasteiger partial charge in [-0.1, -0.05) is 97.8 Å². The monoisotopic (exact) mass is 260 g/mol. The Morgan fingerprint density at radius 1 is 0.588 bits per heavy atom. The highest BCUT2D eigenvalue weighted by atomic mass is 32.1. The molecule has 0 rings (SSSR count). The van der Waals surface area contributed by atoms with Gasteiger partial charge in [0, 0.05) is 0 Å². The fourth-order valence-corrected chi connectivity index (χ4v) is 2.22. The van der Waals surface area contributed by atoms with E-state index in [1.54, 1.807) is 0 Å². The van der Waals surface area contributed by atoms with Crippen molar-refractivity contribution in [1.29, 1.82) is 0 Å². The largest absolute Gasteiger partial charge is 0.197 e. The Bertz CT molecular complexity index is 121. The number of unbranched alkanes of at least 4 members (excludes halogenated alkanes) is 10. The average molecular weight is 261 g/mol. The van der Waals surface area contributed by atoms with Crippen molar-refractivity contribution < 1.29 is 0 Å². The van der Waals surface area contributed by atoms with E-state index in [0.29, 0.717) is 0 Å². The molecule has 0 atom stereocenters. The van der Waals surface area contributed by atoms with Crippen LogP contribution in [0, 0.1) is 5.92 Å². The molecule has 0 amide bonds. The second kappa shape index (κ2) is 16.4. The molecule has 0 N–H and O–H groups in total. The Morgan fingerprint density at radius 3 is 1.29 bits per heavy atom. The van der Waals surface area contributed by atoms with Gasteiger partial charge in [-0.3, -0.25) is 0 Å². The van der Waals surface area contributed by atoms with Gasteiger partial charge >= 0.3 is 0 Å². The van der Waals surface area contributed by atoms with E-state index in [2.05, 4.69) is 20.8 Å². The molecule has 106 valence electrons. The lowest BCUT2D eigenvalue weighted by molar-refractivity contribution is 0.504. The lowest BCUT2D eigenvalue weighted by Crippen LogP contribution is -1.87. The predicted octanol–water partition coefficient (Wildman–Crippen LogP) is 6.46. The topological polar surface area (TPSA) is 0 Å². The van der Waals surface area contributed by atoms with Crippen molar-refractivity contribution in [2.24, 2.45) is 5.92 Å². The van der Waals surface area contributed by atoms with Gasteiger partial charge in [0.05, 0.1) is 0 Å². The molecule has 0 spiro atoms. The molecule has 0 aliphatic rings. The molecular weight excluding hydrogens is 224 g/mol. The number of rotatable bonds is 12. The smallest absolute Gasteiger partial charge is 0.0471 e. The Morgan fingerprint density at radius 2 is 0.941 bits per heavy atom. The molecule has 0 saturated heterocycles. The van der Waals surface area contributed by atoms with Crippen molar-refractivity contribution in [2.45, 2.75) is 97.8 Å². The lowest BCUT2D eigenvalue weighted by Gasteiger charge is -2.04. The molecule has 0 heterocycles. The molecule has 0 saturated carbocycles. The van der Waals surface area contributed by atoms with E-state index < -0.39 is 0 Å². The summed E-state index contributed by atoms with van der Waals surface area (Å²) in [7, 11) is 0. The van der Waals surface area contributed by atoms with Crippen LogP contribution in [-0.2, 0) is 0 Å². The van der Waals surface area contributed by atoms with E-state index in [1.165, 1.54) is 77.0 Å². The van der Waals surface area contributed by atoms with Crippen LogP contribution >= 0.6 is 13.5 Å². The van der Waals surface area contributed by atoms with Crippen LogP contribution in [0.25, 0.3) is 0 Å². The highest BCUT2D eigenvalue weighted by molar-refractivity contribution is 7.59. The first kappa shape index (κ1) is 19.7. The zero-order valence-electron chi connectivity index (χ0n) is 12.6. The molecule has 0 aromatic heterocycles. The third-order valence-corrected chi connectivity index (χ3v) is 3.39. The minimum atomic E-state index is 0. The van der Waals surface area contributed by atoms with Crippen LogP contribution in [0.2, 0.25) is 0 Å². The third-order valence-electron chi connectivity index (χ3n) is 3.39. The number of hydrogen-bond acceptors (Lipinski definition) is 0. The fourth-order valence-electron chi connectivity index (χ4n) is 2.22. The molecule has 0 radical (unpaired) electrons. The van der Waals surface area contributed by atoms with E-state index in [-0.39, 0.29) is 13.5 Å². The van der Waals surface area contributed by atoms with Crippen molar-refractivity contribution in [3.63, 3.8) is 0 Å². The molecule has 0 aromatic rings. The molecule has 0 bridgehead atoms. The van der Waals surface area contributed by atoms with Crippen LogP contribution < -0.4 is 0 Å². The van der Waals surface area contributed by atoms with Gasteiger partial charge in [0.25, 0.3) is 0 Å². The van der Waals surface area contributed by atoms with Gasteiger partial charge in [0.15, 0.2) is 0 Å². The highest BCUT2D eigenvalue weighted by Gasteiger charge is 1.95. The minimum absolute atomic E-state index is 0. The van der Waals surface area contributed by atoms with Gasteiger partial charge in [0.2, 0.25) is 0 Å². The second-order valence-electron chi connectivity index (χ2n) is 5.72. The Labute approximate surface area is 117 Å². The first-order valence-electron chi connectivity index (χ1n) is 7.77. The van der Waals surface area contributed by atoms with E-state index >= 15 is 0 Å². The molecular formula is C16H36S. The van der Waals surface area contributed by atoms with Gasteiger partial charge in [-0.15, -0.1) is 0 Å². The summed E-state index contributed by atoms with van der Waals surface area (Å²) < 4.78 is 0. The lowest BCUT2D eigenvalue weighted by atomic mass is 10.0. The maximum absolute atomic E-state index is 2.33. The fraction of sp³-hybridized carbons (Fsp3) is 1.00. The average Bonchev–Trinajstić information content (AvgIpc) is 2.25. The minimum Gasteiger partial charge on any atom is -0.197 e. The zero-order valence-corrected chi connectivity index (χ0v) is 13.6. The summed E-state index contributed by atoms with van der Waals surface area (Å²) in [5.74, 6) is 0.901. The SMILES string of the molecule is CCCCCCCCCCCCCC(C)C.S. The van der Waals surface area contributed by atoms with Gasteiger partial charge in [-0.25, -0.2) is 0 Å². The predicted molar refractivity (Wildman–Crippen MR) is 86.3 cm³/mol. The first-order valence-corrected chi connectivity index (χ1v) is 7.77. The first-order chi connectivity index (χ1) is 7.77. The van der Waals surface area contributed by atoms with Crippen molar-refractivity contribution >= 4 is 13.5 Å². The summed E-state index contributed by atoms with van der Waals surface area (Å²) in [6, 6.07) is 0. The molecule has 0 aliphatic heterocycles. The highest BCUT2D eigenvalue weighted by Crippen LogP contribution is 2.13. The van der Waals surface area contributed by atoms with Crippen LogP contribution in [0.3, 0.4) is 0 Å². The molecule has 0 unspecified atom stereocenters. The van der Waals surface area contributed by atoms with Crippen molar-refractivity contribution in [1.82, 2.24) is 0 Å². The van der Waals surface area contributed by atoms with Crippen molar-refractivity contribution in [3.05, 3.63) is 0 Å². The van der Waals surface area contributed by atoms with E-state index in [0.717, 1.165) is 5.92 Å². The maximum atomic E-state index is 2.33. The normalized spacial score (nSPS) is 10.6. The summed E-state index contributed by atoms with van der Waals surface area (Å²) in [5.41, 5.74) is 0. The van der Waals surface area contributed by atoms with E-state index in [4.69, 9.17) is 0 Å². The van der Waals surface area contributed by atoms with E-state index in [9.17, 15) is 0 Å². The van der Waals surface area contributed by atoms with E-state index in [1.807, 2.05) is 0 Å². The van der Waals surface area contributed by atoms with Crippen LogP contribution in [0.15, 0.2) is 0 Å². The maximum Gasteiger partial charge on any atom is -0.0471 e. The third kappa shape index (κ3) is 18.9. The Kier molecular flexibility index (Phi) is 18.9. The van der Waals surface area contributed by atoms with Crippen LogP contribution in [0.4, 0.5) is 0 Å². The standard InChI is InChI=1S/C16H34.H2S/c1-4-5-6-7-8-9-10-11-12-13-14-15-16(2)3;/h16H,4-15H2,1-3H3;1H2. The van der Waals surface area contributed by atoms with Gasteiger partial charge in [-0.05, 0) is 5.92 Å². The molecule has 0 nitrogen and oxygen atoms in total. The number of hydrogen-bond donors (Lipinski definition) is 0. The van der Waals surface area contributed by atoms with Crippen molar-refractivity contribution in [2.75, 3.05) is 0 Å². The van der Waals surface area contributed by atoms with Crippen LogP contribution in [-0.4, -0.2) is 0 Å². The summed E-state index contributed by atoms with van der Waals surface area (Å²) in [4.78, 5) is 0. The van der Waals surface area contributed by atoms with Gasteiger partial charge in [0.1, 0.15) is 0 Å². The van der Waals surface area contributed by atoms with Crippen LogP contribution in [0.1, 0.15) is 97.8 Å². The summed E-state index contributed by atoms with van der Waals surface area (Å²) in [6.07, 6.45) is 17.5. The van der Waals surface area contributed by atoms with Crippen molar-refractivity contribution in [3.8, 4) is 0 Å². The second-order valence-corrected chi connectivity index (χ2v) is 5.72. The van der Waals surface area contributed by atoms with Gasteiger partial charge < -0.3 is 0 Å². The van der Waals surface area contributed by atoms with Crippen LogP contribution in [0.5, 0.6) is 0 Å².